The van der Waals surface area contributed by atoms with E-state index < -0.39 is 0 Å². The van der Waals surface area contributed by atoms with Gasteiger partial charge in [0.15, 0.2) is 0 Å². The summed E-state index contributed by atoms with van der Waals surface area (Å²) in [6.45, 7) is 11.7. The summed E-state index contributed by atoms with van der Waals surface area (Å²) in [4.78, 5) is 14.0. The van der Waals surface area contributed by atoms with Crippen LogP contribution in [0.1, 0.15) is 38.7 Å². The van der Waals surface area contributed by atoms with E-state index in [-0.39, 0.29) is 5.41 Å². The fourth-order valence-electron chi connectivity index (χ4n) is 2.51. The summed E-state index contributed by atoms with van der Waals surface area (Å²) in [6.07, 6.45) is 1.16. The molecule has 0 amide bonds. The van der Waals surface area contributed by atoms with Crippen LogP contribution in [-0.2, 0) is 12.0 Å². The van der Waals surface area contributed by atoms with Crippen molar-refractivity contribution in [2.45, 2.75) is 39.2 Å². The first-order chi connectivity index (χ1) is 10.5. The lowest BCUT2D eigenvalue weighted by atomic mass is 9.96. The van der Waals surface area contributed by atoms with Gasteiger partial charge in [0.05, 0.1) is 11.2 Å². The third-order valence-electron chi connectivity index (χ3n) is 3.81. The van der Waals surface area contributed by atoms with Crippen LogP contribution in [-0.4, -0.2) is 45.4 Å². The molecular formula is C15H23N5S2. The molecule has 5 nitrogen and oxygen atoms in total. The molecule has 2 aromatic rings. The van der Waals surface area contributed by atoms with Crippen LogP contribution in [0.2, 0.25) is 0 Å². The van der Waals surface area contributed by atoms with Gasteiger partial charge in [-0.1, -0.05) is 20.8 Å². The summed E-state index contributed by atoms with van der Waals surface area (Å²) in [7, 11) is 0. The minimum atomic E-state index is 0.0251. The van der Waals surface area contributed by atoms with Gasteiger partial charge in [-0.3, -0.25) is 4.90 Å². The first kappa shape index (κ1) is 15.8. The molecule has 1 aliphatic heterocycles. The number of nitrogens with zero attached hydrogens (tertiary/aromatic N) is 5. The SMILES string of the molecule is CC(C)(C)c1nsc(N2CCCN(Cc3cscn3)CC2)n1. The molecule has 1 aliphatic rings. The first-order valence-corrected chi connectivity index (χ1v) is 9.42. The first-order valence-electron chi connectivity index (χ1n) is 7.71. The molecule has 1 saturated heterocycles. The zero-order valence-corrected chi connectivity index (χ0v) is 15.1. The van der Waals surface area contributed by atoms with Crippen molar-refractivity contribution in [1.82, 2.24) is 19.2 Å². The van der Waals surface area contributed by atoms with Gasteiger partial charge in [-0.25, -0.2) is 9.97 Å². The second-order valence-corrected chi connectivity index (χ2v) is 8.20. The topological polar surface area (TPSA) is 45.2 Å². The Morgan fingerprint density at radius 2 is 2.05 bits per heavy atom. The average molecular weight is 338 g/mol. The van der Waals surface area contributed by atoms with Crippen LogP contribution in [0.3, 0.4) is 0 Å². The molecule has 0 N–H and O–H groups in total. The predicted molar refractivity (Wildman–Crippen MR) is 92.8 cm³/mol. The van der Waals surface area contributed by atoms with E-state index in [2.05, 4.69) is 45.3 Å². The smallest absolute Gasteiger partial charge is 0.205 e. The Labute approximate surface area is 140 Å². The zero-order chi connectivity index (χ0) is 15.6. The fourth-order valence-corrected chi connectivity index (χ4v) is 3.97. The number of thiazole rings is 1. The van der Waals surface area contributed by atoms with Gasteiger partial charge in [0, 0.05) is 55.1 Å². The standard InChI is InChI=1S/C15H23N5S2/c1-15(2,3)13-17-14(22-18-13)20-6-4-5-19(7-8-20)9-12-10-21-11-16-12/h10-11H,4-9H2,1-3H3. The van der Waals surface area contributed by atoms with Crippen LogP contribution in [0, 0.1) is 0 Å². The van der Waals surface area contributed by atoms with Crippen molar-refractivity contribution in [1.29, 1.82) is 0 Å². The molecule has 0 unspecified atom stereocenters. The van der Waals surface area contributed by atoms with E-state index in [9.17, 15) is 0 Å². The van der Waals surface area contributed by atoms with Gasteiger partial charge in [0.2, 0.25) is 5.13 Å². The lowest BCUT2D eigenvalue weighted by Crippen LogP contribution is -2.30. The largest absolute Gasteiger partial charge is 0.346 e. The molecule has 3 rings (SSSR count). The number of anilines is 1. The zero-order valence-electron chi connectivity index (χ0n) is 13.4. The van der Waals surface area contributed by atoms with E-state index in [4.69, 9.17) is 4.98 Å². The monoisotopic (exact) mass is 337 g/mol. The molecule has 120 valence electrons. The number of hydrogen-bond donors (Lipinski definition) is 0. The summed E-state index contributed by atoms with van der Waals surface area (Å²) in [5.74, 6) is 0.955. The third-order valence-corrected chi connectivity index (χ3v) is 5.23. The molecule has 7 heteroatoms. The minimum absolute atomic E-state index is 0.0251. The second kappa shape index (κ2) is 6.60. The maximum absolute atomic E-state index is 4.75. The molecule has 0 radical (unpaired) electrons. The lowest BCUT2D eigenvalue weighted by Gasteiger charge is -2.20. The highest BCUT2D eigenvalue weighted by Gasteiger charge is 2.23. The van der Waals surface area contributed by atoms with Crippen LogP contribution in [0.4, 0.5) is 5.13 Å². The van der Waals surface area contributed by atoms with Crippen LogP contribution in [0.15, 0.2) is 10.9 Å². The lowest BCUT2D eigenvalue weighted by molar-refractivity contribution is 0.282. The van der Waals surface area contributed by atoms with Crippen molar-refractivity contribution in [3.8, 4) is 0 Å². The Morgan fingerprint density at radius 3 is 2.73 bits per heavy atom. The predicted octanol–water partition coefficient (Wildman–Crippen LogP) is 3.00. The van der Waals surface area contributed by atoms with Crippen molar-refractivity contribution in [2.24, 2.45) is 0 Å². The van der Waals surface area contributed by atoms with Gasteiger partial charge in [0.1, 0.15) is 5.82 Å². The highest BCUT2D eigenvalue weighted by atomic mass is 32.1. The Hall–Kier alpha value is -1.05. The molecule has 0 aliphatic carbocycles. The average Bonchev–Trinajstić information content (AvgIpc) is 3.08. The van der Waals surface area contributed by atoms with E-state index in [1.165, 1.54) is 17.2 Å². The van der Waals surface area contributed by atoms with Crippen molar-refractivity contribution < 1.29 is 0 Å². The molecule has 0 bridgehead atoms. The molecule has 0 saturated carbocycles. The van der Waals surface area contributed by atoms with Crippen molar-refractivity contribution >= 4 is 28.0 Å². The summed E-state index contributed by atoms with van der Waals surface area (Å²) in [5.41, 5.74) is 3.12. The maximum Gasteiger partial charge on any atom is 0.205 e. The van der Waals surface area contributed by atoms with E-state index in [1.54, 1.807) is 11.3 Å². The van der Waals surface area contributed by atoms with Gasteiger partial charge in [0.25, 0.3) is 0 Å². The molecule has 2 aromatic heterocycles. The maximum atomic E-state index is 4.75. The van der Waals surface area contributed by atoms with Crippen LogP contribution in [0.5, 0.6) is 0 Å². The van der Waals surface area contributed by atoms with Crippen molar-refractivity contribution in [3.05, 3.63) is 22.4 Å². The van der Waals surface area contributed by atoms with Gasteiger partial charge in [-0.05, 0) is 6.42 Å². The minimum Gasteiger partial charge on any atom is -0.346 e. The number of rotatable bonds is 3. The summed E-state index contributed by atoms with van der Waals surface area (Å²) >= 11 is 3.21. The van der Waals surface area contributed by atoms with E-state index in [1.807, 2.05) is 5.51 Å². The normalized spacial score (nSPS) is 17.7. The van der Waals surface area contributed by atoms with Gasteiger partial charge >= 0.3 is 0 Å². The van der Waals surface area contributed by atoms with Crippen molar-refractivity contribution in [2.75, 3.05) is 31.1 Å². The molecule has 0 aromatic carbocycles. The van der Waals surface area contributed by atoms with Gasteiger partial charge in [-0.2, -0.15) is 4.37 Å². The summed E-state index contributed by atoms with van der Waals surface area (Å²) < 4.78 is 4.54. The second-order valence-electron chi connectivity index (χ2n) is 6.75. The van der Waals surface area contributed by atoms with Crippen LogP contribution < -0.4 is 4.90 Å². The molecule has 3 heterocycles. The van der Waals surface area contributed by atoms with E-state index in [0.29, 0.717) is 0 Å². The molecular weight excluding hydrogens is 314 g/mol. The number of aromatic nitrogens is 3. The summed E-state index contributed by atoms with van der Waals surface area (Å²) in [6, 6.07) is 0. The Balaban J connectivity index is 1.61. The van der Waals surface area contributed by atoms with Gasteiger partial charge in [-0.15, -0.1) is 11.3 Å². The molecule has 1 fully saturated rings. The van der Waals surface area contributed by atoms with Crippen LogP contribution >= 0.6 is 22.9 Å². The number of hydrogen-bond acceptors (Lipinski definition) is 7. The highest BCUT2D eigenvalue weighted by molar-refractivity contribution is 7.09. The third kappa shape index (κ3) is 3.83. The Bertz CT molecular complexity index is 587. The Kier molecular flexibility index (Phi) is 4.75. The summed E-state index contributed by atoms with van der Waals surface area (Å²) in [5, 5.41) is 3.21. The van der Waals surface area contributed by atoms with E-state index in [0.717, 1.165) is 50.1 Å². The van der Waals surface area contributed by atoms with Gasteiger partial charge < -0.3 is 4.90 Å². The Morgan fingerprint density at radius 1 is 1.18 bits per heavy atom. The molecule has 0 spiro atoms. The molecule has 22 heavy (non-hydrogen) atoms. The van der Waals surface area contributed by atoms with Crippen molar-refractivity contribution in [3.63, 3.8) is 0 Å². The molecule has 0 atom stereocenters. The van der Waals surface area contributed by atoms with Crippen LogP contribution in [0.25, 0.3) is 0 Å². The van der Waals surface area contributed by atoms with E-state index >= 15 is 0 Å². The quantitative estimate of drug-likeness (QED) is 0.861. The fraction of sp³-hybridized carbons (Fsp3) is 0.667. The highest BCUT2D eigenvalue weighted by Crippen LogP contribution is 2.26.